The number of alkyl halides is 3. The van der Waals surface area contributed by atoms with E-state index in [2.05, 4.69) is 0 Å². The molecule has 5 nitrogen and oxygen atoms in total. The van der Waals surface area contributed by atoms with Crippen LogP contribution in [-0.4, -0.2) is 61.0 Å². The second-order valence-corrected chi connectivity index (χ2v) is 8.13. The molecule has 2 amide bonds. The van der Waals surface area contributed by atoms with Gasteiger partial charge in [0.25, 0.3) is 0 Å². The van der Waals surface area contributed by atoms with Gasteiger partial charge in [-0.2, -0.15) is 13.2 Å². The number of hydrogen-bond acceptors (Lipinski definition) is 3. The molecule has 3 unspecified atom stereocenters. The van der Waals surface area contributed by atoms with E-state index in [0.29, 0.717) is 45.8 Å². The summed E-state index contributed by atoms with van der Waals surface area (Å²) in [6.07, 6.45) is -2.12. The molecular weight excluding hydrogens is 385 g/mol. The molecule has 0 aromatic heterocycles. The Bertz CT molecular complexity index is 759. The number of benzene rings is 1. The highest BCUT2D eigenvalue weighted by Crippen LogP contribution is 2.49. The number of rotatable bonds is 3. The van der Waals surface area contributed by atoms with E-state index in [-0.39, 0.29) is 29.6 Å². The second kappa shape index (κ2) is 7.97. The van der Waals surface area contributed by atoms with Gasteiger partial charge in [-0.05, 0) is 42.9 Å². The molecule has 0 radical (unpaired) electrons. The third-order valence-corrected chi connectivity index (χ3v) is 6.18. The summed E-state index contributed by atoms with van der Waals surface area (Å²) >= 11 is 0. The average Bonchev–Trinajstić information content (AvgIpc) is 3.54. The molecule has 1 aromatic rings. The zero-order chi connectivity index (χ0) is 20.6. The zero-order valence-corrected chi connectivity index (χ0v) is 16.2. The molecule has 158 valence electrons. The predicted octanol–water partition coefficient (Wildman–Crippen LogP) is 2.91. The van der Waals surface area contributed by atoms with Crippen LogP contribution in [0.2, 0.25) is 0 Å². The molecule has 8 heteroatoms. The molecule has 3 fully saturated rings. The van der Waals surface area contributed by atoms with Gasteiger partial charge in [-0.25, -0.2) is 0 Å². The Morgan fingerprint density at radius 1 is 0.966 bits per heavy atom. The summed E-state index contributed by atoms with van der Waals surface area (Å²) in [5.41, 5.74) is 0.0968. The van der Waals surface area contributed by atoms with Crippen molar-refractivity contribution >= 4 is 11.8 Å². The van der Waals surface area contributed by atoms with Gasteiger partial charge < -0.3 is 14.5 Å². The normalized spacial score (nSPS) is 27.6. The second-order valence-electron chi connectivity index (χ2n) is 8.13. The molecular formula is C21H25F3N2O3. The van der Waals surface area contributed by atoms with E-state index in [0.717, 1.165) is 30.5 Å². The van der Waals surface area contributed by atoms with Crippen LogP contribution < -0.4 is 0 Å². The summed E-state index contributed by atoms with van der Waals surface area (Å²) in [6.45, 7) is 3.38. The van der Waals surface area contributed by atoms with Crippen LogP contribution in [0, 0.1) is 11.8 Å². The van der Waals surface area contributed by atoms with Gasteiger partial charge in [-0.3, -0.25) is 9.59 Å². The Morgan fingerprint density at radius 2 is 1.66 bits per heavy atom. The van der Waals surface area contributed by atoms with E-state index < -0.39 is 11.7 Å². The van der Waals surface area contributed by atoms with Crippen molar-refractivity contribution in [2.75, 3.05) is 39.4 Å². The van der Waals surface area contributed by atoms with E-state index in [1.54, 1.807) is 4.90 Å². The SMILES string of the molecule is O=C(C1CCCN(C(=O)C2CC2c2ccc(C(F)(F)F)cc2)C1)N1CCOCC1. The van der Waals surface area contributed by atoms with Crippen molar-refractivity contribution in [1.29, 1.82) is 0 Å². The van der Waals surface area contributed by atoms with Crippen LogP contribution in [0.1, 0.15) is 36.3 Å². The summed E-state index contributed by atoms with van der Waals surface area (Å²) in [5, 5.41) is 0. The lowest BCUT2D eigenvalue weighted by Crippen LogP contribution is -2.49. The van der Waals surface area contributed by atoms with Crippen molar-refractivity contribution < 1.29 is 27.5 Å². The van der Waals surface area contributed by atoms with E-state index in [9.17, 15) is 22.8 Å². The number of carbonyl (C=O) groups is 2. The summed E-state index contributed by atoms with van der Waals surface area (Å²) in [6, 6.07) is 5.10. The number of ether oxygens (including phenoxy) is 1. The van der Waals surface area contributed by atoms with Gasteiger partial charge in [0.15, 0.2) is 0 Å². The summed E-state index contributed by atoms with van der Waals surface area (Å²) in [5.74, 6) is -0.270. The van der Waals surface area contributed by atoms with Crippen molar-refractivity contribution in [1.82, 2.24) is 9.80 Å². The largest absolute Gasteiger partial charge is 0.416 e. The fourth-order valence-corrected chi connectivity index (χ4v) is 4.41. The van der Waals surface area contributed by atoms with Crippen LogP contribution in [0.5, 0.6) is 0 Å². The van der Waals surface area contributed by atoms with Crippen molar-refractivity contribution in [2.45, 2.75) is 31.4 Å². The summed E-state index contributed by atoms with van der Waals surface area (Å²) in [4.78, 5) is 29.3. The number of hydrogen-bond donors (Lipinski definition) is 0. The van der Waals surface area contributed by atoms with Crippen LogP contribution in [0.3, 0.4) is 0 Å². The quantitative estimate of drug-likeness (QED) is 0.770. The number of nitrogens with zero attached hydrogens (tertiary/aromatic N) is 2. The van der Waals surface area contributed by atoms with Crippen LogP contribution in [0.4, 0.5) is 13.2 Å². The molecule has 0 spiro atoms. The van der Waals surface area contributed by atoms with Crippen LogP contribution >= 0.6 is 0 Å². The molecule has 4 rings (SSSR count). The lowest BCUT2D eigenvalue weighted by atomic mass is 9.95. The number of halogens is 3. The molecule has 2 heterocycles. The first kappa shape index (κ1) is 20.2. The van der Waals surface area contributed by atoms with Crippen molar-refractivity contribution in [3.05, 3.63) is 35.4 Å². The molecule has 0 bridgehead atoms. The van der Waals surface area contributed by atoms with Gasteiger partial charge in [0.1, 0.15) is 0 Å². The van der Waals surface area contributed by atoms with Crippen LogP contribution in [0.25, 0.3) is 0 Å². The summed E-state index contributed by atoms with van der Waals surface area (Å²) < 4.78 is 43.5. The Balaban J connectivity index is 1.34. The average molecular weight is 410 g/mol. The number of carbonyl (C=O) groups excluding carboxylic acids is 2. The molecule has 3 atom stereocenters. The number of likely N-dealkylation sites (tertiary alicyclic amines) is 1. The van der Waals surface area contributed by atoms with E-state index >= 15 is 0 Å². The zero-order valence-electron chi connectivity index (χ0n) is 16.2. The maximum atomic E-state index is 12.9. The molecule has 1 aromatic carbocycles. The molecule has 0 N–H and O–H groups in total. The number of morpholine rings is 1. The summed E-state index contributed by atoms with van der Waals surface area (Å²) in [7, 11) is 0. The third-order valence-electron chi connectivity index (χ3n) is 6.18. The van der Waals surface area contributed by atoms with E-state index in [1.165, 1.54) is 12.1 Å². The minimum Gasteiger partial charge on any atom is -0.378 e. The highest BCUT2D eigenvalue weighted by atomic mass is 19.4. The van der Waals surface area contributed by atoms with Crippen LogP contribution in [-0.2, 0) is 20.5 Å². The molecule has 2 aliphatic heterocycles. The van der Waals surface area contributed by atoms with E-state index in [4.69, 9.17) is 4.74 Å². The smallest absolute Gasteiger partial charge is 0.378 e. The Hall–Kier alpha value is -2.09. The van der Waals surface area contributed by atoms with Gasteiger partial charge in [0.05, 0.1) is 24.7 Å². The fraction of sp³-hybridized carbons (Fsp3) is 0.619. The van der Waals surface area contributed by atoms with Gasteiger partial charge in [-0.15, -0.1) is 0 Å². The first-order valence-electron chi connectivity index (χ1n) is 10.2. The standard InChI is InChI=1S/C21H25F3N2O3/c22-21(23,24)16-5-3-14(4-6-16)17-12-18(17)20(28)26-7-1-2-15(13-26)19(27)25-8-10-29-11-9-25/h3-6,15,17-18H,1-2,7-13H2. The van der Waals surface area contributed by atoms with Crippen molar-refractivity contribution in [2.24, 2.45) is 11.8 Å². The fourth-order valence-electron chi connectivity index (χ4n) is 4.41. The molecule has 2 saturated heterocycles. The van der Waals surface area contributed by atoms with Crippen molar-refractivity contribution in [3.63, 3.8) is 0 Å². The minimum absolute atomic E-state index is 0.0226. The topological polar surface area (TPSA) is 49.9 Å². The first-order chi connectivity index (χ1) is 13.8. The monoisotopic (exact) mass is 410 g/mol. The highest BCUT2D eigenvalue weighted by Gasteiger charge is 2.47. The van der Waals surface area contributed by atoms with Crippen LogP contribution in [0.15, 0.2) is 24.3 Å². The Kier molecular flexibility index (Phi) is 5.55. The first-order valence-corrected chi connectivity index (χ1v) is 10.2. The maximum Gasteiger partial charge on any atom is 0.416 e. The number of amides is 2. The van der Waals surface area contributed by atoms with Gasteiger partial charge in [0.2, 0.25) is 11.8 Å². The lowest BCUT2D eigenvalue weighted by Gasteiger charge is -2.36. The molecule has 1 saturated carbocycles. The molecule has 3 aliphatic rings. The Morgan fingerprint density at radius 3 is 2.31 bits per heavy atom. The lowest BCUT2D eigenvalue weighted by molar-refractivity contribution is -0.144. The minimum atomic E-state index is -4.35. The predicted molar refractivity (Wildman–Crippen MR) is 99.0 cm³/mol. The molecule has 1 aliphatic carbocycles. The Labute approximate surface area is 167 Å². The van der Waals surface area contributed by atoms with E-state index in [1.807, 2.05) is 4.90 Å². The van der Waals surface area contributed by atoms with Gasteiger partial charge >= 0.3 is 6.18 Å². The number of piperidine rings is 1. The van der Waals surface area contributed by atoms with Gasteiger partial charge in [0, 0.05) is 32.1 Å². The molecule has 29 heavy (non-hydrogen) atoms. The van der Waals surface area contributed by atoms with Gasteiger partial charge in [-0.1, -0.05) is 12.1 Å². The highest BCUT2D eigenvalue weighted by molar-refractivity contribution is 5.85. The third kappa shape index (κ3) is 4.42. The maximum absolute atomic E-state index is 12.9. The van der Waals surface area contributed by atoms with Crippen molar-refractivity contribution in [3.8, 4) is 0 Å².